The van der Waals surface area contributed by atoms with Gasteiger partial charge in [-0.25, -0.2) is 4.79 Å². The van der Waals surface area contributed by atoms with Crippen LogP contribution in [-0.4, -0.2) is 48.4 Å². The number of rotatable bonds is 5. The highest BCUT2D eigenvalue weighted by Gasteiger charge is 2.14. The Morgan fingerprint density at radius 1 is 1.47 bits per heavy atom. The predicted molar refractivity (Wildman–Crippen MR) is 70.3 cm³/mol. The number of morpholine rings is 1. The quantitative estimate of drug-likeness (QED) is 0.871. The summed E-state index contributed by atoms with van der Waals surface area (Å²) < 4.78 is 10.7. The third kappa shape index (κ3) is 4.22. The van der Waals surface area contributed by atoms with Crippen molar-refractivity contribution in [3.05, 3.63) is 29.8 Å². The SMILES string of the molecule is CC(Oc1cccc(CN2CCOCC2)c1)C(=O)O. The average molecular weight is 265 g/mol. The second-order valence-corrected chi connectivity index (χ2v) is 4.63. The number of nitrogens with zero attached hydrogens (tertiary/aromatic N) is 1. The van der Waals surface area contributed by atoms with E-state index in [0.717, 1.165) is 38.4 Å². The zero-order valence-corrected chi connectivity index (χ0v) is 11.0. The van der Waals surface area contributed by atoms with Crippen LogP contribution >= 0.6 is 0 Å². The minimum Gasteiger partial charge on any atom is -0.479 e. The average Bonchev–Trinajstić information content (AvgIpc) is 2.40. The van der Waals surface area contributed by atoms with Gasteiger partial charge in [0.2, 0.25) is 0 Å². The number of benzene rings is 1. The Labute approximate surface area is 112 Å². The van der Waals surface area contributed by atoms with Crippen LogP contribution < -0.4 is 4.74 Å². The van der Waals surface area contributed by atoms with E-state index in [0.29, 0.717) is 5.75 Å². The van der Waals surface area contributed by atoms with Crippen LogP contribution in [0.15, 0.2) is 24.3 Å². The fraction of sp³-hybridized carbons (Fsp3) is 0.500. The maximum Gasteiger partial charge on any atom is 0.344 e. The van der Waals surface area contributed by atoms with Crippen molar-refractivity contribution in [2.45, 2.75) is 19.6 Å². The number of carbonyl (C=O) groups is 1. The zero-order valence-electron chi connectivity index (χ0n) is 11.0. The number of ether oxygens (including phenoxy) is 2. The van der Waals surface area contributed by atoms with Crippen molar-refractivity contribution in [3.63, 3.8) is 0 Å². The van der Waals surface area contributed by atoms with E-state index in [-0.39, 0.29) is 0 Å². The molecule has 1 aliphatic heterocycles. The summed E-state index contributed by atoms with van der Waals surface area (Å²) in [6.45, 7) is 5.75. The van der Waals surface area contributed by atoms with Crippen molar-refractivity contribution in [2.75, 3.05) is 26.3 Å². The molecule has 19 heavy (non-hydrogen) atoms. The minimum atomic E-state index is -0.960. The molecule has 1 unspecified atom stereocenters. The topological polar surface area (TPSA) is 59.0 Å². The molecule has 104 valence electrons. The lowest BCUT2D eigenvalue weighted by Gasteiger charge is -2.26. The first-order chi connectivity index (χ1) is 9.15. The smallest absolute Gasteiger partial charge is 0.344 e. The molecule has 1 aromatic carbocycles. The van der Waals surface area contributed by atoms with Crippen LogP contribution in [0.4, 0.5) is 0 Å². The molecule has 1 saturated heterocycles. The lowest BCUT2D eigenvalue weighted by atomic mass is 10.2. The van der Waals surface area contributed by atoms with Crippen LogP contribution in [0.2, 0.25) is 0 Å². The fourth-order valence-corrected chi connectivity index (χ4v) is 1.99. The van der Waals surface area contributed by atoms with Crippen molar-refractivity contribution in [1.29, 1.82) is 0 Å². The van der Waals surface area contributed by atoms with E-state index < -0.39 is 12.1 Å². The molecule has 2 rings (SSSR count). The van der Waals surface area contributed by atoms with Gasteiger partial charge in [-0.2, -0.15) is 0 Å². The maximum absolute atomic E-state index is 10.8. The Kier molecular flexibility index (Phi) is 4.76. The van der Waals surface area contributed by atoms with E-state index in [4.69, 9.17) is 14.6 Å². The van der Waals surface area contributed by atoms with Gasteiger partial charge in [-0.15, -0.1) is 0 Å². The van der Waals surface area contributed by atoms with E-state index >= 15 is 0 Å². The maximum atomic E-state index is 10.8. The van der Waals surface area contributed by atoms with Crippen molar-refractivity contribution in [1.82, 2.24) is 4.90 Å². The highest BCUT2D eigenvalue weighted by atomic mass is 16.5. The van der Waals surface area contributed by atoms with Gasteiger partial charge in [0.15, 0.2) is 6.10 Å². The Hall–Kier alpha value is -1.59. The van der Waals surface area contributed by atoms with Crippen molar-refractivity contribution in [3.8, 4) is 5.75 Å². The number of carboxylic acid groups (broad SMARTS) is 1. The molecule has 0 saturated carbocycles. The van der Waals surface area contributed by atoms with Crippen LogP contribution in [0.1, 0.15) is 12.5 Å². The summed E-state index contributed by atoms with van der Waals surface area (Å²) in [5, 5.41) is 8.83. The van der Waals surface area contributed by atoms with Crippen LogP contribution in [0.5, 0.6) is 5.75 Å². The zero-order chi connectivity index (χ0) is 13.7. The monoisotopic (exact) mass is 265 g/mol. The molecule has 0 bridgehead atoms. The molecule has 0 aromatic heterocycles. The first kappa shape index (κ1) is 13.8. The van der Waals surface area contributed by atoms with Crippen LogP contribution in [0.25, 0.3) is 0 Å². The van der Waals surface area contributed by atoms with Gasteiger partial charge in [0.25, 0.3) is 0 Å². The van der Waals surface area contributed by atoms with Crippen molar-refractivity contribution < 1.29 is 19.4 Å². The Bertz CT molecular complexity index is 429. The van der Waals surface area contributed by atoms with Gasteiger partial charge in [0.1, 0.15) is 5.75 Å². The van der Waals surface area contributed by atoms with Crippen LogP contribution in [0, 0.1) is 0 Å². The molecule has 1 aromatic rings. The molecule has 1 N–H and O–H groups in total. The number of hydrogen-bond donors (Lipinski definition) is 1. The molecule has 5 nitrogen and oxygen atoms in total. The van der Waals surface area contributed by atoms with Gasteiger partial charge in [0, 0.05) is 19.6 Å². The summed E-state index contributed by atoms with van der Waals surface area (Å²) in [7, 11) is 0. The summed E-state index contributed by atoms with van der Waals surface area (Å²) in [4.78, 5) is 13.1. The molecule has 0 amide bonds. The standard InChI is InChI=1S/C14H19NO4/c1-11(14(16)17)19-13-4-2-3-12(9-13)10-15-5-7-18-8-6-15/h2-4,9,11H,5-8,10H2,1H3,(H,16,17). The number of carboxylic acids is 1. The van der Waals surface area contributed by atoms with Gasteiger partial charge in [-0.05, 0) is 24.6 Å². The highest BCUT2D eigenvalue weighted by molar-refractivity contribution is 5.72. The molecular weight excluding hydrogens is 246 g/mol. The van der Waals surface area contributed by atoms with E-state index in [1.165, 1.54) is 6.92 Å². The minimum absolute atomic E-state index is 0.598. The van der Waals surface area contributed by atoms with Crippen LogP contribution in [0.3, 0.4) is 0 Å². The van der Waals surface area contributed by atoms with Crippen molar-refractivity contribution in [2.24, 2.45) is 0 Å². The molecule has 1 heterocycles. The van der Waals surface area contributed by atoms with E-state index in [2.05, 4.69) is 4.90 Å². The third-order valence-corrected chi connectivity index (χ3v) is 3.07. The summed E-state index contributed by atoms with van der Waals surface area (Å²) in [6, 6.07) is 7.59. The normalized spacial score (nSPS) is 17.9. The summed E-state index contributed by atoms with van der Waals surface area (Å²) >= 11 is 0. The lowest BCUT2D eigenvalue weighted by molar-refractivity contribution is -0.144. The van der Waals surface area contributed by atoms with Gasteiger partial charge >= 0.3 is 5.97 Å². The molecule has 0 aliphatic carbocycles. The van der Waals surface area contributed by atoms with Gasteiger partial charge < -0.3 is 14.6 Å². The first-order valence-electron chi connectivity index (χ1n) is 6.43. The van der Waals surface area contributed by atoms with E-state index in [1.54, 1.807) is 6.07 Å². The van der Waals surface area contributed by atoms with E-state index in [1.807, 2.05) is 18.2 Å². The summed E-state index contributed by atoms with van der Waals surface area (Å²) in [5.74, 6) is -0.362. The molecule has 1 atom stereocenters. The molecule has 0 spiro atoms. The Balaban J connectivity index is 1.96. The lowest BCUT2D eigenvalue weighted by Crippen LogP contribution is -2.35. The Morgan fingerprint density at radius 3 is 2.89 bits per heavy atom. The van der Waals surface area contributed by atoms with Crippen molar-refractivity contribution >= 4 is 5.97 Å². The molecular formula is C14H19NO4. The molecule has 0 radical (unpaired) electrons. The fourth-order valence-electron chi connectivity index (χ4n) is 1.99. The van der Waals surface area contributed by atoms with Crippen LogP contribution in [-0.2, 0) is 16.1 Å². The third-order valence-electron chi connectivity index (χ3n) is 3.07. The van der Waals surface area contributed by atoms with Gasteiger partial charge in [-0.3, -0.25) is 4.90 Å². The second kappa shape index (κ2) is 6.54. The Morgan fingerprint density at radius 2 is 2.21 bits per heavy atom. The van der Waals surface area contributed by atoms with Gasteiger partial charge in [0.05, 0.1) is 13.2 Å². The van der Waals surface area contributed by atoms with E-state index in [9.17, 15) is 4.79 Å². The summed E-state index contributed by atoms with van der Waals surface area (Å²) in [5.41, 5.74) is 1.12. The second-order valence-electron chi connectivity index (χ2n) is 4.63. The molecule has 1 aliphatic rings. The molecule has 5 heteroatoms. The predicted octanol–water partition coefficient (Wildman–Crippen LogP) is 1.37. The number of aliphatic carboxylic acids is 1. The van der Waals surface area contributed by atoms with Gasteiger partial charge in [-0.1, -0.05) is 12.1 Å². The summed E-state index contributed by atoms with van der Waals surface area (Å²) in [6.07, 6.45) is -0.835. The first-order valence-corrected chi connectivity index (χ1v) is 6.43. The largest absolute Gasteiger partial charge is 0.479 e. The molecule has 1 fully saturated rings. The number of hydrogen-bond acceptors (Lipinski definition) is 4. The highest BCUT2D eigenvalue weighted by Crippen LogP contribution is 2.17.